The van der Waals surface area contributed by atoms with Crippen LogP contribution in [0.25, 0.3) is 0 Å². The van der Waals surface area contributed by atoms with Crippen molar-refractivity contribution >= 4 is 11.6 Å². The number of carbonyl (C=O) groups is 1. The molecule has 0 aliphatic carbocycles. The van der Waals surface area contributed by atoms with E-state index >= 15 is 0 Å². The molecule has 6 heteroatoms. The van der Waals surface area contributed by atoms with Crippen molar-refractivity contribution in [3.05, 3.63) is 29.6 Å². The fourth-order valence-electron chi connectivity index (χ4n) is 1.52. The van der Waals surface area contributed by atoms with Crippen LogP contribution in [0.1, 0.15) is 13.8 Å². The second-order valence-electron chi connectivity index (χ2n) is 3.67. The maximum Gasteiger partial charge on any atom is 0.241 e. The number of hydrogen-bond acceptors (Lipinski definition) is 2. The van der Waals surface area contributed by atoms with Gasteiger partial charge < -0.3 is 10.2 Å². The van der Waals surface area contributed by atoms with E-state index < -0.39 is 17.5 Å². The summed E-state index contributed by atoms with van der Waals surface area (Å²) in [5.41, 5.74) is -0.227. The van der Waals surface area contributed by atoms with Crippen molar-refractivity contribution in [3.8, 4) is 0 Å². The molecule has 0 spiro atoms. The summed E-state index contributed by atoms with van der Waals surface area (Å²) in [4.78, 5) is 13.2. The lowest BCUT2D eigenvalue weighted by atomic mass is 10.2. The highest BCUT2D eigenvalue weighted by atomic mass is 19.2. The molecule has 0 radical (unpaired) electrons. The van der Waals surface area contributed by atoms with Gasteiger partial charge in [-0.1, -0.05) is 0 Å². The molecule has 0 bridgehead atoms. The monoisotopic (exact) mass is 260 g/mol. The summed E-state index contributed by atoms with van der Waals surface area (Å²) in [5, 5.41) is 2.46. The molecule has 1 aromatic rings. The zero-order chi connectivity index (χ0) is 13.7. The third kappa shape index (κ3) is 3.38. The van der Waals surface area contributed by atoms with E-state index in [1.165, 1.54) is 0 Å². The van der Waals surface area contributed by atoms with E-state index in [0.29, 0.717) is 25.2 Å². The quantitative estimate of drug-likeness (QED) is 0.824. The number of likely N-dealkylation sites (N-methyl/N-ethyl adjacent to an activating group) is 1. The molecular formula is C12H15F3N2O. The molecule has 0 heterocycles. The molecular weight excluding hydrogens is 245 g/mol. The van der Waals surface area contributed by atoms with Gasteiger partial charge in [-0.25, -0.2) is 13.2 Å². The van der Waals surface area contributed by atoms with Crippen molar-refractivity contribution in [2.45, 2.75) is 13.8 Å². The van der Waals surface area contributed by atoms with Gasteiger partial charge in [-0.2, -0.15) is 0 Å². The Balaban J connectivity index is 2.69. The van der Waals surface area contributed by atoms with E-state index in [1.807, 2.05) is 13.8 Å². The third-order valence-electron chi connectivity index (χ3n) is 2.56. The Kier molecular flexibility index (Phi) is 5.00. The standard InChI is InChI=1S/C12H15F3N2O/c1-3-17(4-2)12(18)7-16-11-6-9(14)8(13)5-10(11)15/h5-6,16H,3-4,7H2,1-2H3. The highest BCUT2D eigenvalue weighted by Gasteiger charge is 2.13. The van der Waals surface area contributed by atoms with E-state index in [9.17, 15) is 18.0 Å². The topological polar surface area (TPSA) is 32.3 Å². The zero-order valence-corrected chi connectivity index (χ0v) is 10.3. The molecule has 1 amide bonds. The van der Waals surface area contributed by atoms with Crippen LogP contribution in [0, 0.1) is 17.5 Å². The number of hydrogen-bond donors (Lipinski definition) is 1. The molecule has 3 nitrogen and oxygen atoms in total. The van der Waals surface area contributed by atoms with E-state index in [4.69, 9.17) is 0 Å². The van der Waals surface area contributed by atoms with Crippen LogP contribution in [0.15, 0.2) is 12.1 Å². The Morgan fingerprint density at radius 3 is 2.22 bits per heavy atom. The second-order valence-corrected chi connectivity index (χ2v) is 3.67. The molecule has 0 atom stereocenters. The Labute approximate surface area is 104 Å². The fourth-order valence-corrected chi connectivity index (χ4v) is 1.52. The van der Waals surface area contributed by atoms with Crippen molar-refractivity contribution in [1.82, 2.24) is 4.90 Å². The van der Waals surface area contributed by atoms with Crippen LogP contribution >= 0.6 is 0 Å². The lowest BCUT2D eigenvalue weighted by Gasteiger charge is -2.19. The maximum atomic E-state index is 13.3. The van der Waals surface area contributed by atoms with Gasteiger partial charge in [0.15, 0.2) is 11.6 Å². The highest BCUT2D eigenvalue weighted by molar-refractivity contribution is 5.80. The van der Waals surface area contributed by atoms with Gasteiger partial charge in [0.25, 0.3) is 0 Å². The molecule has 0 saturated heterocycles. The first-order valence-corrected chi connectivity index (χ1v) is 5.65. The van der Waals surface area contributed by atoms with Crippen LogP contribution in [-0.4, -0.2) is 30.4 Å². The number of benzene rings is 1. The minimum Gasteiger partial charge on any atom is -0.374 e. The molecule has 1 rings (SSSR count). The summed E-state index contributed by atoms with van der Waals surface area (Å²) < 4.78 is 38.8. The van der Waals surface area contributed by atoms with Gasteiger partial charge >= 0.3 is 0 Å². The number of rotatable bonds is 5. The summed E-state index contributed by atoms with van der Waals surface area (Å²) in [6.45, 7) is 4.55. The van der Waals surface area contributed by atoms with E-state index in [-0.39, 0.29) is 18.1 Å². The summed E-state index contributed by atoms with van der Waals surface area (Å²) in [7, 11) is 0. The first kappa shape index (κ1) is 14.3. The van der Waals surface area contributed by atoms with Crippen molar-refractivity contribution < 1.29 is 18.0 Å². The fraction of sp³-hybridized carbons (Fsp3) is 0.417. The zero-order valence-electron chi connectivity index (χ0n) is 10.3. The Hall–Kier alpha value is -1.72. The average molecular weight is 260 g/mol. The predicted molar refractivity (Wildman–Crippen MR) is 62.7 cm³/mol. The number of anilines is 1. The molecule has 0 unspecified atom stereocenters. The Morgan fingerprint density at radius 2 is 1.67 bits per heavy atom. The molecule has 100 valence electrons. The average Bonchev–Trinajstić information content (AvgIpc) is 2.33. The predicted octanol–water partition coefficient (Wildman–Crippen LogP) is 2.38. The normalized spacial score (nSPS) is 10.3. The van der Waals surface area contributed by atoms with E-state index in [1.54, 1.807) is 4.90 Å². The number of carbonyl (C=O) groups excluding carboxylic acids is 1. The van der Waals surface area contributed by atoms with Gasteiger partial charge in [-0.15, -0.1) is 0 Å². The summed E-state index contributed by atoms with van der Waals surface area (Å²) in [5.74, 6) is -3.58. The SMILES string of the molecule is CCN(CC)C(=O)CNc1cc(F)c(F)cc1F. The van der Waals surface area contributed by atoms with Gasteiger partial charge in [-0.05, 0) is 13.8 Å². The summed E-state index contributed by atoms with van der Waals surface area (Å²) in [6, 6.07) is 1.14. The number of nitrogens with one attached hydrogen (secondary N) is 1. The van der Waals surface area contributed by atoms with Crippen molar-refractivity contribution in [3.63, 3.8) is 0 Å². The van der Waals surface area contributed by atoms with Crippen molar-refractivity contribution in [2.24, 2.45) is 0 Å². The van der Waals surface area contributed by atoms with E-state index in [0.717, 1.165) is 0 Å². The smallest absolute Gasteiger partial charge is 0.241 e. The third-order valence-corrected chi connectivity index (χ3v) is 2.56. The van der Waals surface area contributed by atoms with Gasteiger partial charge in [-0.3, -0.25) is 4.79 Å². The second kappa shape index (κ2) is 6.28. The van der Waals surface area contributed by atoms with Crippen molar-refractivity contribution in [1.29, 1.82) is 0 Å². The van der Waals surface area contributed by atoms with Gasteiger partial charge in [0.1, 0.15) is 5.82 Å². The molecule has 0 aliphatic rings. The lowest BCUT2D eigenvalue weighted by molar-refractivity contribution is -0.128. The van der Waals surface area contributed by atoms with Crippen LogP contribution in [0.5, 0.6) is 0 Å². The van der Waals surface area contributed by atoms with Gasteiger partial charge in [0.05, 0.1) is 12.2 Å². The summed E-state index contributed by atoms with van der Waals surface area (Å²) in [6.07, 6.45) is 0. The van der Waals surface area contributed by atoms with Gasteiger partial charge in [0, 0.05) is 25.2 Å². The Bertz CT molecular complexity index is 434. The molecule has 1 N–H and O–H groups in total. The molecule has 18 heavy (non-hydrogen) atoms. The van der Waals surface area contributed by atoms with Crippen LogP contribution in [-0.2, 0) is 4.79 Å². The molecule has 0 aromatic heterocycles. The van der Waals surface area contributed by atoms with Gasteiger partial charge in [0.2, 0.25) is 5.91 Å². The largest absolute Gasteiger partial charge is 0.374 e. The minimum absolute atomic E-state index is 0.163. The first-order chi connectivity index (χ1) is 8.49. The maximum absolute atomic E-state index is 13.3. The van der Waals surface area contributed by atoms with Crippen LogP contribution in [0.4, 0.5) is 18.9 Å². The molecule has 0 saturated carbocycles. The van der Waals surface area contributed by atoms with Crippen LogP contribution in [0.3, 0.4) is 0 Å². The Morgan fingerprint density at radius 1 is 1.11 bits per heavy atom. The summed E-state index contributed by atoms with van der Waals surface area (Å²) >= 11 is 0. The minimum atomic E-state index is -1.26. The van der Waals surface area contributed by atoms with Crippen LogP contribution < -0.4 is 5.32 Å². The number of amides is 1. The molecule has 0 fully saturated rings. The van der Waals surface area contributed by atoms with Crippen molar-refractivity contribution in [2.75, 3.05) is 25.0 Å². The van der Waals surface area contributed by atoms with Crippen LogP contribution in [0.2, 0.25) is 0 Å². The lowest BCUT2D eigenvalue weighted by Crippen LogP contribution is -2.35. The number of nitrogens with zero attached hydrogens (tertiary/aromatic N) is 1. The first-order valence-electron chi connectivity index (χ1n) is 5.65. The number of halogens is 3. The van der Waals surface area contributed by atoms with E-state index in [2.05, 4.69) is 5.32 Å². The molecule has 0 aliphatic heterocycles. The molecule has 1 aromatic carbocycles. The highest BCUT2D eigenvalue weighted by Crippen LogP contribution is 2.18.